The molecule has 2 aliphatic rings. The molecule has 2 fully saturated rings. The van der Waals surface area contributed by atoms with Crippen molar-refractivity contribution in [2.24, 2.45) is 5.41 Å². The molecule has 2 amide bonds. The van der Waals surface area contributed by atoms with Crippen molar-refractivity contribution >= 4 is 11.8 Å². The van der Waals surface area contributed by atoms with Gasteiger partial charge >= 0.3 is 0 Å². The Morgan fingerprint density at radius 2 is 2.26 bits per heavy atom. The number of nitrogens with zero attached hydrogens (tertiary/aromatic N) is 3. The van der Waals surface area contributed by atoms with E-state index in [4.69, 9.17) is 4.52 Å². The van der Waals surface area contributed by atoms with Crippen LogP contribution in [0, 0.1) is 5.41 Å². The summed E-state index contributed by atoms with van der Waals surface area (Å²) < 4.78 is 4.84. The Labute approximate surface area is 157 Å². The molecule has 8 nitrogen and oxygen atoms in total. The van der Waals surface area contributed by atoms with Gasteiger partial charge in [-0.25, -0.2) is 0 Å². The zero-order valence-corrected chi connectivity index (χ0v) is 15.5. The first-order valence-corrected chi connectivity index (χ1v) is 9.40. The predicted molar refractivity (Wildman–Crippen MR) is 97.7 cm³/mol. The van der Waals surface area contributed by atoms with E-state index in [1.54, 1.807) is 18.3 Å². The minimum atomic E-state index is -0.559. The van der Waals surface area contributed by atoms with Gasteiger partial charge in [-0.1, -0.05) is 5.16 Å². The Balaban J connectivity index is 1.58. The van der Waals surface area contributed by atoms with Gasteiger partial charge in [0.1, 0.15) is 17.7 Å². The molecule has 0 aliphatic carbocycles. The topological polar surface area (TPSA) is 94.5 Å². The summed E-state index contributed by atoms with van der Waals surface area (Å²) in [6.07, 6.45) is 5.61. The van der Waals surface area contributed by atoms with Crippen LogP contribution in [0.4, 0.5) is 0 Å². The number of piperidine rings is 2. The van der Waals surface area contributed by atoms with E-state index in [-0.39, 0.29) is 17.9 Å². The van der Waals surface area contributed by atoms with E-state index >= 15 is 0 Å². The molecule has 0 unspecified atom stereocenters. The van der Waals surface area contributed by atoms with Crippen LogP contribution in [0.5, 0.6) is 0 Å². The average molecular weight is 371 g/mol. The zero-order chi connectivity index (χ0) is 18.9. The minimum Gasteiger partial charge on any atom is -0.364 e. The first-order valence-electron chi connectivity index (χ1n) is 9.40. The van der Waals surface area contributed by atoms with Crippen LogP contribution in [0.1, 0.15) is 35.4 Å². The summed E-state index contributed by atoms with van der Waals surface area (Å²) in [5.41, 5.74) is 0.706. The van der Waals surface area contributed by atoms with Crippen LogP contribution in [0.2, 0.25) is 0 Å². The average Bonchev–Trinajstić information content (AvgIpc) is 3.39. The van der Waals surface area contributed by atoms with Gasteiger partial charge in [0, 0.05) is 25.4 Å². The third kappa shape index (κ3) is 3.25. The summed E-state index contributed by atoms with van der Waals surface area (Å²) in [7, 11) is 2.04. The van der Waals surface area contributed by atoms with Crippen molar-refractivity contribution in [1.29, 1.82) is 0 Å². The molecular formula is C19H25N5O3. The third-order valence-electron chi connectivity index (χ3n) is 5.92. The van der Waals surface area contributed by atoms with Crippen LogP contribution in [0.25, 0.3) is 0 Å². The predicted octanol–water partition coefficient (Wildman–Crippen LogP) is 1.25. The van der Waals surface area contributed by atoms with Crippen LogP contribution >= 0.6 is 0 Å². The van der Waals surface area contributed by atoms with E-state index < -0.39 is 5.41 Å². The van der Waals surface area contributed by atoms with Crippen molar-refractivity contribution in [3.05, 3.63) is 42.0 Å². The van der Waals surface area contributed by atoms with Crippen LogP contribution in [0.15, 0.2) is 35.2 Å². The molecule has 0 aromatic carbocycles. The highest BCUT2D eigenvalue weighted by molar-refractivity contribution is 5.94. The van der Waals surface area contributed by atoms with Gasteiger partial charge in [-0.2, -0.15) is 0 Å². The van der Waals surface area contributed by atoms with Gasteiger partial charge in [-0.05, 0) is 45.0 Å². The van der Waals surface area contributed by atoms with Gasteiger partial charge in [0.15, 0.2) is 0 Å². The maximum atomic E-state index is 13.3. The minimum absolute atomic E-state index is 0.00702. The standard InChI is InChI=1S/C19H25N5O3/c1-23-10-7-19(18(26)21-12-14-5-11-27-22-14)6-3-9-24(16(19)13-23)17(25)15-4-2-8-20-15/h2,4-5,8,11,16,20H,3,6-7,9-10,12-13H2,1H3,(H,21,26)/t16-,19+/m0/s1. The fraction of sp³-hybridized carbons (Fsp3) is 0.526. The van der Waals surface area contributed by atoms with Gasteiger partial charge in [0.05, 0.1) is 18.0 Å². The lowest BCUT2D eigenvalue weighted by Crippen LogP contribution is -2.66. The molecule has 0 saturated carbocycles. The number of likely N-dealkylation sites (tertiary alicyclic amines) is 2. The number of fused-ring (bicyclic) bond motifs is 1. The van der Waals surface area contributed by atoms with Crippen LogP contribution in [-0.2, 0) is 11.3 Å². The van der Waals surface area contributed by atoms with Crippen molar-refractivity contribution in [3.8, 4) is 0 Å². The van der Waals surface area contributed by atoms with Gasteiger partial charge in [-0.15, -0.1) is 0 Å². The van der Waals surface area contributed by atoms with Gasteiger partial charge in [-0.3, -0.25) is 9.59 Å². The number of hydrogen-bond donors (Lipinski definition) is 2. The number of carbonyl (C=O) groups excluding carboxylic acids is 2. The molecule has 4 heterocycles. The summed E-state index contributed by atoms with van der Waals surface area (Å²) in [6, 6.07) is 5.21. The quantitative estimate of drug-likeness (QED) is 0.843. The summed E-state index contributed by atoms with van der Waals surface area (Å²) in [5.74, 6) is -0.0266. The summed E-state index contributed by atoms with van der Waals surface area (Å²) in [6.45, 7) is 2.56. The van der Waals surface area contributed by atoms with Crippen LogP contribution in [0.3, 0.4) is 0 Å². The second kappa shape index (κ2) is 7.19. The molecule has 144 valence electrons. The van der Waals surface area contributed by atoms with E-state index in [1.807, 2.05) is 18.0 Å². The Morgan fingerprint density at radius 1 is 1.37 bits per heavy atom. The van der Waals surface area contributed by atoms with Crippen molar-refractivity contribution in [1.82, 2.24) is 25.3 Å². The molecule has 0 bridgehead atoms. The number of amides is 2. The van der Waals surface area contributed by atoms with Gasteiger partial charge in [0.2, 0.25) is 5.91 Å². The fourth-order valence-corrected chi connectivity index (χ4v) is 4.44. The van der Waals surface area contributed by atoms with E-state index in [0.717, 1.165) is 25.8 Å². The van der Waals surface area contributed by atoms with Crippen molar-refractivity contribution in [2.45, 2.75) is 31.8 Å². The van der Waals surface area contributed by atoms with E-state index in [0.29, 0.717) is 31.0 Å². The molecule has 2 aliphatic heterocycles. The molecule has 2 N–H and O–H groups in total. The number of aromatic nitrogens is 2. The summed E-state index contributed by atoms with van der Waals surface area (Å²) >= 11 is 0. The molecule has 8 heteroatoms. The molecule has 2 atom stereocenters. The maximum Gasteiger partial charge on any atom is 0.270 e. The first-order chi connectivity index (χ1) is 13.1. The Morgan fingerprint density at radius 3 is 3.00 bits per heavy atom. The second-order valence-electron chi connectivity index (χ2n) is 7.54. The molecule has 0 radical (unpaired) electrons. The zero-order valence-electron chi connectivity index (χ0n) is 15.5. The highest BCUT2D eigenvalue weighted by atomic mass is 16.5. The highest BCUT2D eigenvalue weighted by Gasteiger charge is 2.53. The lowest BCUT2D eigenvalue weighted by molar-refractivity contribution is -0.142. The normalized spacial score (nSPS) is 25.8. The number of likely N-dealkylation sites (N-methyl/N-ethyl adjacent to an activating group) is 1. The van der Waals surface area contributed by atoms with Crippen molar-refractivity contribution in [3.63, 3.8) is 0 Å². The van der Waals surface area contributed by atoms with Crippen LogP contribution < -0.4 is 5.32 Å². The molecule has 2 aromatic heterocycles. The fourth-order valence-electron chi connectivity index (χ4n) is 4.44. The van der Waals surface area contributed by atoms with E-state index in [2.05, 4.69) is 20.4 Å². The largest absolute Gasteiger partial charge is 0.364 e. The lowest BCUT2D eigenvalue weighted by atomic mass is 9.67. The van der Waals surface area contributed by atoms with Crippen LogP contribution in [-0.4, -0.2) is 64.5 Å². The number of rotatable bonds is 4. The van der Waals surface area contributed by atoms with Crippen molar-refractivity contribution < 1.29 is 14.1 Å². The summed E-state index contributed by atoms with van der Waals surface area (Å²) in [4.78, 5) is 33.4. The van der Waals surface area contributed by atoms with Crippen molar-refractivity contribution in [2.75, 3.05) is 26.7 Å². The SMILES string of the molecule is CN1CC[C@]2(C(=O)NCc3ccon3)CCCN(C(=O)c3ccc[nH]3)[C@H]2C1. The van der Waals surface area contributed by atoms with Gasteiger partial charge < -0.3 is 24.6 Å². The Bertz CT molecular complexity index is 788. The molecule has 27 heavy (non-hydrogen) atoms. The monoisotopic (exact) mass is 371 g/mol. The van der Waals surface area contributed by atoms with E-state index in [9.17, 15) is 9.59 Å². The number of aromatic amines is 1. The highest BCUT2D eigenvalue weighted by Crippen LogP contribution is 2.43. The first kappa shape index (κ1) is 17.8. The third-order valence-corrected chi connectivity index (χ3v) is 5.92. The smallest absolute Gasteiger partial charge is 0.270 e. The number of hydrogen-bond acceptors (Lipinski definition) is 5. The molecular weight excluding hydrogens is 346 g/mol. The summed E-state index contributed by atoms with van der Waals surface area (Å²) in [5, 5.41) is 6.89. The molecule has 0 spiro atoms. The Hall–Kier alpha value is -2.61. The maximum absolute atomic E-state index is 13.3. The lowest BCUT2D eigenvalue weighted by Gasteiger charge is -2.53. The molecule has 2 saturated heterocycles. The molecule has 2 aromatic rings. The van der Waals surface area contributed by atoms with Gasteiger partial charge in [0.25, 0.3) is 5.91 Å². The van der Waals surface area contributed by atoms with E-state index in [1.165, 1.54) is 6.26 Å². The number of carbonyl (C=O) groups is 2. The second-order valence-corrected chi connectivity index (χ2v) is 7.54. The number of H-pyrrole nitrogens is 1. The number of nitrogens with one attached hydrogen (secondary N) is 2. The Kier molecular flexibility index (Phi) is 4.73. The molecule has 4 rings (SSSR count).